The van der Waals surface area contributed by atoms with Crippen molar-refractivity contribution in [3.05, 3.63) is 114 Å². The Morgan fingerprint density at radius 2 is 1.41 bits per heavy atom. The molecule has 1 atom stereocenters. The molecule has 3 aromatic rings. The van der Waals surface area contributed by atoms with E-state index in [2.05, 4.69) is 0 Å². The Hall–Kier alpha value is -3.86. The summed E-state index contributed by atoms with van der Waals surface area (Å²) in [6.45, 7) is 1.31. The van der Waals surface area contributed by atoms with Crippen LogP contribution in [0.25, 0.3) is 6.08 Å². The fourth-order valence-electron chi connectivity index (χ4n) is 4.69. The predicted molar refractivity (Wildman–Crippen MR) is 123 cm³/mol. The Morgan fingerprint density at radius 1 is 0.844 bits per heavy atom. The summed E-state index contributed by atoms with van der Waals surface area (Å²) < 4.78 is 6.16. The standard InChI is InChI=1S/C27H24N2O3/c30-25(17-16-21-10-4-1-5-11-21)28-18-19-29-24(20-28)27(32-26(29)31,22-12-6-2-7-13-22)23-14-8-3-9-15-23/h1-17,24H,18-20H2/b17-16+. The number of rotatable bonds is 4. The van der Waals surface area contributed by atoms with E-state index in [9.17, 15) is 9.59 Å². The summed E-state index contributed by atoms with van der Waals surface area (Å²) in [5.74, 6) is -0.0668. The van der Waals surface area contributed by atoms with Gasteiger partial charge >= 0.3 is 6.09 Å². The fraction of sp³-hybridized carbons (Fsp3) is 0.185. The van der Waals surface area contributed by atoms with Crippen molar-refractivity contribution in [1.29, 1.82) is 0 Å². The van der Waals surface area contributed by atoms with Crippen molar-refractivity contribution in [2.24, 2.45) is 0 Å². The van der Waals surface area contributed by atoms with E-state index in [1.165, 1.54) is 0 Å². The van der Waals surface area contributed by atoms with Crippen molar-refractivity contribution < 1.29 is 14.3 Å². The quantitative estimate of drug-likeness (QED) is 0.587. The van der Waals surface area contributed by atoms with E-state index in [0.717, 1.165) is 16.7 Å². The summed E-state index contributed by atoms with van der Waals surface area (Å²) in [5.41, 5.74) is 1.81. The molecule has 2 saturated heterocycles. The Kier molecular flexibility index (Phi) is 5.23. The maximum atomic E-state index is 13.0. The third-order valence-corrected chi connectivity index (χ3v) is 6.27. The zero-order valence-corrected chi connectivity index (χ0v) is 17.6. The molecule has 2 fully saturated rings. The average Bonchev–Trinajstić information content (AvgIpc) is 3.17. The average molecular weight is 425 g/mol. The number of carbonyl (C=O) groups excluding carboxylic acids is 2. The predicted octanol–water partition coefficient (Wildman–Crippen LogP) is 4.31. The molecule has 0 aliphatic carbocycles. The summed E-state index contributed by atoms with van der Waals surface area (Å²) in [5, 5.41) is 0. The molecule has 3 aromatic carbocycles. The number of cyclic esters (lactones) is 1. The van der Waals surface area contributed by atoms with Crippen LogP contribution in [-0.4, -0.2) is 47.5 Å². The van der Waals surface area contributed by atoms with E-state index in [-0.39, 0.29) is 18.0 Å². The molecule has 0 saturated carbocycles. The van der Waals surface area contributed by atoms with Gasteiger partial charge in [0.15, 0.2) is 5.60 Å². The lowest BCUT2D eigenvalue weighted by atomic mass is 9.79. The number of ether oxygens (including phenoxy) is 1. The topological polar surface area (TPSA) is 49.9 Å². The Labute approximate surface area is 187 Å². The zero-order valence-electron chi connectivity index (χ0n) is 17.6. The molecule has 1 unspecified atom stereocenters. The molecule has 0 bridgehead atoms. The molecule has 32 heavy (non-hydrogen) atoms. The summed E-state index contributed by atoms with van der Waals surface area (Å²) in [7, 11) is 0. The second kappa shape index (κ2) is 8.35. The molecule has 0 aromatic heterocycles. The normalized spacial score (nSPS) is 19.6. The third-order valence-electron chi connectivity index (χ3n) is 6.27. The largest absolute Gasteiger partial charge is 0.431 e. The second-order valence-electron chi connectivity index (χ2n) is 8.07. The van der Waals surface area contributed by atoms with Crippen LogP contribution in [0.1, 0.15) is 16.7 Å². The highest BCUT2D eigenvalue weighted by Crippen LogP contribution is 2.45. The maximum absolute atomic E-state index is 13.0. The fourth-order valence-corrected chi connectivity index (χ4v) is 4.69. The van der Waals surface area contributed by atoms with Crippen molar-refractivity contribution in [2.75, 3.05) is 19.6 Å². The number of piperazine rings is 1. The molecule has 160 valence electrons. The van der Waals surface area contributed by atoms with Crippen LogP contribution in [0, 0.1) is 0 Å². The molecule has 0 N–H and O–H groups in total. The molecular formula is C27H24N2O3. The molecule has 5 heteroatoms. The molecule has 2 aliphatic rings. The lowest BCUT2D eigenvalue weighted by Crippen LogP contribution is -2.58. The van der Waals surface area contributed by atoms with Crippen molar-refractivity contribution in [2.45, 2.75) is 11.6 Å². The van der Waals surface area contributed by atoms with Crippen LogP contribution in [0.15, 0.2) is 97.1 Å². The van der Waals surface area contributed by atoms with Crippen LogP contribution >= 0.6 is 0 Å². The number of amides is 2. The lowest BCUT2D eigenvalue weighted by molar-refractivity contribution is -0.128. The molecule has 2 heterocycles. The summed E-state index contributed by atoms with van der Waals surface area (Å²) in [4.78, 5) is 29.5. The van der Waals surface area contributed by atoms with Gasteiger partial charge in [0, 0.05) is 36.8 Å². The summed E-state index contributed by atoms with van der Waals surface area (Å²) in [6, 6.07) is 29.1. The number of benzene rings is 3. The summed E-state index contributed by atoms with van der Waals surface area (Å²) >= 11 is 0. The maximum Gasteiger partial charge on any atom is 0.411 e. The Bertz CT molecular complexity index is 1090. The van der Waals surface area contributed by atoms with Crippen LogP contribution in [0.4, 0.5) is 4.79 Å². The molecule has 0 radical (unpaired) electrons. The van der Waals surface area contributed by atoms with Crippen molar-refractivity contribution >= 4 is 18.1 Å². The number of hydrogen-bond donors (Lipinski definition) is 0. The minimum Gasteiger partial charge on any atom is -0.431 e. The van der Waals surface area contributed by atoms with Crippen LogP contribution in [0.5, 0.6) is 0 Å². The van der Waals surface area contributed by atoms with E-state index < -0.39 is 5.60 Å². The van der Waals surface area contributed by atoms with Crippen molar-refractivity contribution in [3.63, 3.8) is 0 Å². The lowest BCUT2D eigenvalue weighted by Gasteiger charge is -2.42. The van der Waals surface area contributed by atoms with Crippen molar-refractivity contribution in [1.82, 2.24) is 9.80 Å². The van der Waals surface area contributed by atoms with Gasteiger partial charge in [-0.25, -0.2) is 4.79 Å². The van der Waals surface area contributed by atoms with Gasteiger partial charge in [-0.05, 0) is 11.6 Å². The van der Waals surface area contributed by atoms with Crippen LogP contribution in [0.3, 0.4) is 0 Å². The van der Waals surface area contributed by atoms with Crippen molar-refractivity contribution in [3.8, 4) is 0 Å². The van der Waals surface area contributed by atoms with E-state index >= 15 is 0 Å². The number of carbonyl (C=O) groups is 2. The van der Waals surface area contributed by atoms with E-state index in [0.29, 0.717) is 19.6 Å². The first kappa shape index (κ1) is 20.1. The first-order chi connectivity index (χ1) is 15.7. The SMILES string of the molecule is O=C(/C=C/c1ccccc1)N1CCN2C(=O)OC(c3ccccc3)(c3ccccc3)C2C1. The van der Waals surface area contributed by atoms with Gasteiger partial charge in [-0.2, -0.15) is 0 Å². The first-order valence-corrected chi connectivity index (χ1v) is 10.8. The first-order valence-electron chi connectivity index (χ1n) is 10.8. The number of hydrogen-bond acceptors (Lipinski definition) is 3. The smallest absolute Gasteiger partial charge is 0.411 e. The molecule has 2 amide bonds. The highest BCUT2D eigenvalue weighted by atomic mass is 16.6. The Balaban J connectivity index is 1.49. The van der Waals surface area contributed by atoms with E-state index in [1.54, 1.807) is 11.0 Å². The summed E-state index contributed by atoms with van der Waals surface area (Å²) in [6.07, 6.45) is 3.09. The van der Waals surface area contributed by atoms with Gasteiger partial charge in [-0.15, -0.1) is 0 Å². The molecular weight excluding hydrogens is 400 g/mol. The molecule has 5 rings (SSSR count). The minimum absolute atomic E-state index is 0.0668. The third kappa shape index (κ3) is 3.46. The Morgan fingerprint density at radius 3 is 2.00 bits per heavy atom. The molecule has 0 spiro atoms. The monoisotopic (exact) mass is 424 g/mol. The number of fused-ring (bicyclic) bond motifs is 1. The highest BCUT2D eigenvalue weighted by molar-refractivity contribution is 5.92. The van der Waals surface area contributed by atoms with Gasteiger partial charge in [0.05, 0.1) is 0 Å². The van der Waals surface area contributed by atoms with Crippen LogP contribution < -0.4 is 0 Å². The van der Waals surface area contributed by atoms with E-state index in [4.69, 9.17) is 4.74 Å². The van der Waals surface area contributed by atoms with Gasteiger partial charge in [-0.3, -0.25) is 9.69 Å². The van der Waals surface area contributed by atoms with Crippen LogP contribution in [-0.2, 0) is 15.1 Å². The van der Waals surface area contributed by atoms with Gasteiger partial charge < -0.3 is 9.64 Å². The minimum atomic E-state index is -0.971. The van der Waals surface area contributed by atoms with E-state index in [1.807, 2.05) is 102 Å². The van der Waals surface area contributed by atoms with Gasteiger partial charge in [0.2, 0.25) is 5.91 Å². The molecule has 2 aliphatic heterocycles. The highest BCUT2D eigenvalue weighted by Gasteiger charge is 2.58. The van der Waals surface area contributed by atoms with Crippen LogP contribution in [0.2, 0.25) is 0 Å². The van der Waals surface area contributed by atoms with Gasteiger partial charge in [0.1, 0.15) is 6.04 Å². The zero-order chi connectivity index (χ0) is 22.0. The molecule has 5 nitrogen and oxygen atoms in total. The van der Waals surface area contributed by atoms with Gasteiger partial charge in [-0.1, -0.05) is 91.0 Å². The number of nitrogens with zero attached hydrogens (tertiary/aromatic N) is 2. The van der Waals surface area contributed by atoms with Gasteiger partial charge in [0.25, 0.3) is 0 Å². The second-order valence-corrected chi connectivity index (χ2v) is 8.07.